The Morgan fingerprint density at radius 3 is 1.62 bits per heavy atom. The van der Waals surface area contributed by atoms with E-state index in [0.717, 1.165) is 12.0 Å². The first-order chi connectivity index (χ1) is 15.2. The van der Waals surface area contributed by atoms with Crippen LogP contribution in [0.3, 0.4) is 0 Å². The zero-order valence-electron chi connectivity index (χ0n) is 17.8. The van der Waals surface area contributed by atoms with Crippen LogP contribution in [0.4, 0.5) is 11.4 Å². The number of hydrogen-bond donors (Lipinski definition) is 2. The molecule has 3 aromatic rings. The molecule has 2 N–H and O–H groups in total. The van der Waals surface area contributed by atoms with Gasteiger partial charge in [-0.25, -0.2) is 8.42 Å². The van der Waals surface area contributed by atoms with Crippen molar-refractivity contribution in [2.24, 2.45) is 0 Å². The number of sulfone groups is 1. The third-order valence-corrected chi connectivity index (χ3v) is 5.33. The Morgan fingerprint density at radius 1 is 0.750 bits per heavy atom. The Kier molecular flexibility index (Phi) is 7.27. The number of anilines is 2. The van der Waals surface area contributed by atoms with Crippen molar-refractivity contribution in [3.63, 3.8) is 0 Å². The molecule has 2 amide bonds. The summed E-state index contributed by atoms with van der Waals surface area (Å²) in [5.41, 5.74) is 2.65. The maximum Gasteiger partial charge on any atom is 0.255 e. The van der Waals surface area contributed by atoms with Crippen LogP contribution in [-0.4, -0.2) is 33.1 Å². The maximum atomic E-state index is 12.4. The lowest BCUT2D eigenvalue weighted by atomic mass is 10.1. The van der Waals surface area contributed by atoms with Gasteiger partial charge in [0, 0.05) is 28.8 Å². The highest BCUT2D eigenvalue weighted by Gasteiger charge is 2.10. The van der Waals surface area contributed by atoms with Gasteiger partial charge in [-0.05, 0) is 73.2 Å². The number of hydrogen-bond acceptors (Lipinski definition) is 5. The van der Waals surface area contributed by atoms with Gasteiger partial charge in [-0.3, -0.25) is 9.59 Å². The zero-order valence-corrected chi connectivity index (χ0v) is 18.6. The molecule has 0 unspecified atom stereocenters. The van der Waals surface area contributed by atoms with E-state index in [1.807, 2.05) is 6.92 Å². The largest absolute Gasteiger partial charge is 0.494 e. The first-order valence-corrected chi connectivity index (χ1v) is 12.0. The van der Waals surface area contributed by atoms with E-state index in [-0.39, 0.29) is 17.6 Å². The van der Waals surface area contributed by atoms with Crippen LogP contribution in [-0.2, 0) is 15.6 Å². The van der Waals surface area contributed by atoms with Crippen LogP contribution in [0.25, 0.3) is 0 Å². The van der Waals surface area contributed by atoms with E-state index in [2.05, 4.69) is 10.6 Å². The molecule has 0 saturated carbocycles. The Hall–Kier alpha value is -3.65. The number of carbonyl (C=O) groups is 2. The summed E-state index contributed by atoms with van der Waals surface area (Å²) in [5.74, 6) is 0.0568. The lowest BCUT2D eigenvalue weighted by molar-refractivity contribution is 0.102. The summed E-state index contributed by atoms with van der Waals surface area (Å²) in [4.78, 5) is 24.9. The third kappa shape index (κ3) is 6.68. The van der Waals surface area contributed by atoms with Crippen molar-refractivity contribution >= 4 is 33.0 Å². The molecule has 166 valence electrons. The predicted molar refractivity (Wildman–Crippen MR) is 125 cm³/mol. The van der Waals surface area contributed by atoms with E-state index in [9.17, 15) is 18.0 Å². The molecule has 0 fully saturated rings. The Balaban J connectivity index is 1.58. The second-order valence-corrected chi connectivity index (χ2v) is 9.35. The molecule has 32 heavy (non-hydrogen) atoms. The van der Waals surface area contributed by atoms with Crippen LogP contribution in [0.2, 0.25) is 0 Å². The van der Waals surface area contributed by atoms with Gasteiger partial charge in [-0.1, -0.05) is 12.1 Å². The molecule has 0 heterocycles. The van der Waals surface area contributed by atoms with Crippen LogP contribution in [0.1, 0.15) is 33.2 Å². The molecular weight excluding hydrogens is 428 g/mol. The molecule has 0 aliphatic heterocycles. The van der Waals surface area contributed by atoms with Crippen LogP contribution in [0.15, 0.2) is 72.8 Å². The van der Waals surface area contributed by atoms with Gasteiger partial charge in [0.2, 0.25) is 0 Å². The van der Waals surface area contributed by atoms with E-state index in [0.29, 0.717) is 34.7 Å². The molecule has 7 nitrogen and oxygen atoms in total. The number of ether oxygens (including phenoxy) is 1. The van der Waals surface area contributed by atoms with Gasteiger partial charge < -0.3 is 15.4 Å². The van der Waals surface area contributed by atoms with E-state index in [1.165, 1.54) is 0 Å². The average molecular weight is 453 g/mol. The van der Waals surface area contributed by atoms with Crippen molar-refractivity contribution in [2.45, 2.75) is 12.7 Å². The minimum atomic E-state index is -3.13. The second-order valence-electron chi connectivity index (χ2n) is 7.21. The van der Waals surface area contributed by atoms with Crippen molar-refractivity contribution in [1.82, 2.24) is 0 Å². The lowest BCUT2D eigenvalue weighted by Crippen LogP contribution is -2.14. The molecule has 3 aromatic carbocycles. The fourth-order valence-corrected chi connectivity index (χ4v) is 3.77. The fraction of sp³-hybridized carbons (Fsp3) is 0.167. The first kappa shape index (κ1) is 23.0. The summed E-state index contributed by atoms with van der Waals surface area (Å²) in [5, 5.41) is 5.57. The normalized spacial score (nSPS) is 10.9. The molecule has 0 aromatic heterocycles. The fourth-order valence-electron chi connectivity index (χ4n) is 2.97. The Morgan fingerprint density at radius 2 is 1.19 bits per heavy atom. The molecule has 0 spiro atoms. The number of nitrogens with one attached hydrogen (secondary N) is 2. The summed E-state index contributed by atoms with van der Waals surface area (Å²) in [7, 11) is -3.13. The summed E-state index contributed by atoms with van der Waals surface area (Å²) in [6.45, 7) is 2.47. The van der Waals surface area contributed by atoms with Gasteiger partial charge in [0.15, 0.2) is 9.84 Å². The van der Waals surface area contributed by atoms with Crippen molar-refractivity contribution in [1.29, 1.82) is 0 Å². The average Bonchev–Trinajstić information content (AvgIpc) is 2.75. The summed E-state index contributed by atoms with van der Waals surface area (Å²) in [6.07, 6.45) is 1.16. The molecule has 0 bridgehead atoms. The smallest absolute Gasteiger partial charge is 0.255 e. The number of rotatable bonds is 8. The Labute approximate surface area is 187 Å². The molecule has 0 radical (unpaired) electrons. The maximum absolute atomic E-state index is 12.4. The molecule has 0 saturated heterocycles. The van der Waals surface area contributed by atoms with Gasteiger partial charge >= 0.3 is 0 Å². The van der Waals surface area contributed by atoms with Gasteiger partial charge in [0.05, 0.1) is 12.4 Å². The Bertz CT molecular complexity index is 1190. The summed E-state index contributed by atoms with van der Waals surface area (Å²) in [6, 6.07) is 20.0. The molecule has 0 atom stereocenters. The number of amides is 2. The SMILES string of the molecule is CCOc1ccc(NC(=O)c2ccc(NC(=O)c3ccc(CS(C)(=O)=O)cc3)cc2)cc1. The number of carbonyl (C=O) groups excluding carboxylic acids is 2. The highest BCUT2D eigenvalue weighted by molar-refractivity contribution is 7.89. The highest BCUT2D eigenvalue weighted by Crippen LogP contribution is 2.18. The van der Waals surface area contributed by atoms with Crippen molar-refractivity contribution in [3.8, 4) is 5.75 Å². The minimum absolute atomic E-state index is 0.0743. The predicted octanol–water partition coefficient (Wildman–Crippen LogP) is 4.13. The van der Waals surface area contributed by atoms with E-state index in [4.69, 9.17) is 4.74 Å². The lowest BCUT2D eigenvalue weighted by Gasteiger charge is -2.09. The molecular formula is C24H24N2O5S. The van der Waals surface area contributed by atoms with Crippen molar-refractivity contribution in [3.05, 3.63) is 89.5 Å². The quantitative estimate of drug-likeness (QED) is 0.535. The third-order valence-electron chi connectivity index (χ3n) is 4.47. The summed E-state index contributed by atoms with van der Waals surface area (Å²) < 4.78 is 28.1. The van der Waals surface area contributed by atoms with Crippen LogP contribution >= 0.6 is 0 Å². The van der Waals surface area contributed by atoms with Crippen LogP contribution in [0, 0.1) is 0 Å². The molecule has 3 rings (SSSR count). The zero-order chi connectivity index (χ0) is 23.1. The minimum Gasteiger partial charge on any atom is -0.494 e. The van der Waals surface area contributed by atoms with E-state index < -0.39 is 9.84 Å². The van der Waals surface area contributed by atoms with Crippen molar-refractivity contribution in [2.75, 3.05) is 23.5 Å². The molecule has 0 aliphatic rings. The monoisotopic (exact) mass is 452 g/mol. The second kappa shape index (κ2) is 10.1. The highest BCUT2D eigenvalue weighted by atomic mass is 32.2. The van der Waals surface area contributed by atoms with E-state index in [1.54, 1.807) is 72.8 Å². The van der Waals surface area contributed by atoms with Gasteiger partial charge in [-0.2, -0.15) is 0 Å². The first-order valence-electron chi connectivity index (χ1n) is 9.96. The van der Waals surface area contributed by atoms with Crippen molar-refractivity contribution < 1.29 is 22.7 Å². The van der Waals surface area contributed by atoms with Crippen LogP contribution in [0.5, 0.6) is 5.75 Å². The summed E-state index contributed by atoms with van der Waals surface area (Å²) >= 11 is 0. The van der Waals surface area contributed by atoms with Crippen LogP contribution < -0.4 is 15.4 Å². The number of benzene rings is 3. The van der Waals surface area contributed by atoms with Gasteiger partial charge in [0.1, 0.15) is 5.75 Å². The topological polar surface area (TPSA) is 102 Å². The standard InChI is InChI=1S/C24H24N2O5S/c1-3-31-22-14-12-21(13-15-22)26-24(28)19-8-10-20(11-9-19)25-23(27)18-6-4-17(5-7-18)16-32(2,29)30/h4-15H,3,16H2,1-2H3,(H,25,27)(H,26,28). The van der Waals surface area contributed by atoms with Gasteiger partial charge in [-0.15, -0.1) is 0 Å². The van der Waals surface area contributed by atoms with E-state index >= 15 is 0 Å². The van der Waals surface area contributed by atoms with Gasteiger partial charge in [0.25, 0.3) is 11.8 Å². The molecule has 0 aliphatic carbocycles. The molecule has 8 heteroatoms.